The fourth-order valence-corrected chi connectivity index (χ4v) is 1.74. The van der Waals surface area contributed by atoms with Gasteiger partial charge < -0.3 is 11.1 Å². The van der Waals surface area contributed by atoms with Crippen molar-refractivity contribution in [3.05, 3.63) is 69.8 Å². The first-order valence-electron chi connectivity index (χ1n) is 5.93. The van der Waals surface area contributed by atoms with Gasteiger partial charge in [0.2, 0.25) is 0 Å². The molecule has 2 rings (SSSR count). The van der Waals surface area contributed by atoms with Gasteiger partial charge >= 0.3 is 0 Å². The van der Waals surface area contributed by atoms with E-state index in [-0.39, 0.29) is 22.5 Å². The monoisotopic (exact) mass is 285 g/mol. The summed E-state index contributed by atoms with van der Waals surface area (Å²) in [6.07, 6.45) is 0. The molecule has 7 heteroatoms. The number of hydrogen-bond donors (Lipinski definition) is 2. The lowest BCUT2D eigenvalue weighted by atomic mass is 10.1. The Balaban J connectivity index is 2.22. The summed E-state index contributed by atoms with van der Waals surface area (Å²) in [6, 6.07) is 11.4. The van der Waals surface area contributed by atoms with E-state index in [9.17, 15) is 19.7 Å². The number of primary amides is 1. The van der Waals surface area contributed by atoms with Gasteiger partial charge in [0.15, 0.2) is 0 Å². The second-order valence-corrected chi connectivity index (χ2v) is 4.17. The number of nitrogens with zero attached hydrogens (tertiary/aromatic N) is 1. The van der Waals surface area contributed by atoms with Gasteiger partial charge in [0.05, 0.1) is 16.2 Å². The van der Waals surface area contributed by atoms with Gasteiger partial charge in [-0.2, -0.15) is 0 Å². The van der Waals surface area contributed by atoms with E-state index < -0.39 is 16.7 Å². The smallest absolute Gasteiger partial charge is 0.269 e. The summed E-state index contributed by atoms with van der Waals surface area (Å²) < 4.78 is 0. The van der Waals surface area contributed by atoms with Gasteiger partial charge in [0.1, 0.15) is 0 Å². The molecule has 0 spiro atoms. The second-order valence-electron chi connectivity index (χ2n) is 4.17. The van der Waals surface area contributed by atoms with Crippen LogP contribution in [0.2, 0.25) is 0 Å². The zero-order valence-corrected chi connectivity index (χ0v) is 10.8. The molecular weight excluding hydrogens is 274 g/mol. The number of amides is 2. The number of nitro benzene ring substituents is 1. The number of carbonyl (C=O) groups is 2. The van der Waals surface area contributed by atoms with Crippen molar-refractivity contribution in [1.82, 2.24) is 0 Å². The fraction of sp³-hybridized carbons (Fsp3) is 0. The fourth-order valence-electron chi connectivity index (χ4n) is 1.74. The molecule has 0 radical (unpaired) electrons. The first-order valence-corrected chi connectivity index (χ1v) is 5.93. The van der Waals surface area contributed by atoms with Crippen LogP contribution in [-0.2, 0) is 0 Å². The number of anilines is 1. The number of carbonyl (C=O) groups excluding carboxylic acids is 2. The Bertz CT molecular complexity index is 710. The van der Waals surface area contributed by atoms with Crippen LogP contribution in [0.1, 0.15) is 20.7 Å². The molecule has 0 aliphatic heterocycles. The van der Waals surface area contributed by atoms with Gasteiger partial charge in [0, 0.05) is 17.7 Å². The number of rotatable bonds is 4. The van der Waals surface area contributed by atoms with Crippen LogP contribution in [0.4, 0.5) is 11.4 Å². The number of nitrogens with two attached hydrogens (primary N) is 1. The molecule has 0 saturated heterocycles. The Morgan fingerprint density at radius 1 is 1.05 bits per heavy atom. The summed E-state index contributed by atoms with van der Waals surface area (Å²) in [5.74, 6) is -1.15. The summed E-state index contributed by atoms with van der Waals surface area (Å²) >= 11 is 0. The van der Waals surface area contributed by atoms with Crippen molar-refractivity contribution in [3.8, 4) is 0 Å². The van der Waals surface area contributed by atoms with Gasteiger partial charge in [-0.25, -0.2) is 0 Å². The van der Waals surface area contributed by atoms with Crippen LogP contribution in [0.3, 0.4) is 0 Å². The molecule has 7 nitrogen and oxygen atoms in total. The second kappa shape index (κ2) is 5.83. The van der Waals surface area contributed by atoms with Gasteiger partial charge in [-0.3, -0.25) is 19.7 Å². The summed E-state index contributed by atoms with van der Waals surface area (Å²) in [5.41, 5.74) is 5.82. The quantitative estimate of drug-likeness (QED) is 0.659. The number of nitrogens with one attached hydrogen (secondary N) is 1. The van der Waals surface area contributed by atoms with Gasteiger partial charge in [-0.1, -0.05) is 12.1 Å². The first kappa shape index (κ1) is 14.2. The molecule has 0 bridgehead atoms. The first-order chi connectivity index (χ1) is 9.99. The van der Waals surface area contributed by atoms with Crippen molar-refractivity contribution in [2.45, 2.75) is 0 Å². The van der Waals surface area contributed by atoms with Crippen molar-refractivity contribution in [1.29, 1.82) is 0 Å². The largest absolute Gasteiger partial charge is 0.366 e. The Morgan fingerprint density at radius 2 is 1.67 bits per heavy atom. The molecule has 2 aromatic rings. The lowest BCUT2D eigenvalue weighted by Crippen LogP contribution is -2.18. The van der Waals surface area contributed by atoms with Crippen molar-refractivity contribution in [3.63, 3.8) is 0 Å². The third-order valence-electron chi connectivity index (χ3n) is 2.78. The topological polar surface area (TPSA) is 115 Å². The molecule has 0 unspecified atom stereocenters. The minimum atomic E-state index is -0.658. The van der Waals surface area contributed by atoms with Crippen LogP contribution in [0.5, 0.6) is 0 Å². The molecule has 0 aliphatic rings. The molecule has 2 amide bonds. The summed E-state index contributed by atoms with van der Waals surface area (Å²) in [7, 11) is 0. The van der Waals surface area contributed by atoms with E-state index in [1.165, 1.54) is 30.3 Å². The van der Waals surface area contributed by atoms with Gasteiger partial charge in [-0.05, 0) is 24.3 Å². The summed E-state index contributed by atoms with van der Waals surface area (Å²) in [5, 5.41) is 13.1. The lowest BCUT2D eigenvalue weighted by molar-refractivity contribution is -0.384. The highest BCUT2D eigenvalue weighted by Crippen LogP contribution is 2.17. The summed E-state index contributed by atoms with van der Waals surface area (Å²) in [6.45, 7) is 0. The van der Waals surface area contributed by atoms with Crippen LogP contribution in [0.25, 0.3) is 0 Å². The van der Waals surface area contributed by atoms with Crippen LogP contribution >= 0.6 is 0 Å². The van der Waals surface area contributed by atoms with Crippen molar-refractivity contribution in [2.24, 2.45) is 5.73 Å². The molecule has 0 heterocycles. The minimum Gasteiger partial charge on any atom is -0.366 e. The van der Waals surface area contributed by atoms with E-state index in [0.29, 0.717) is 0 Å². The highest BCUT2D eigenvalue weighted by molar-refractivity contribution is 6.08. The van der Waals surface area contributed by atoms with E-state index in [1.54, 1.807) is 18.2 Å². The Labute approximate surface area is 119 Å². The van der Waals surface area contributed by atoms with Crippen LogP contribution in [0.15, 0.2) is 48.5 Å². The zero-order chi connectivity index (χ0) is 15.4. The number of non-ortho nitro benzene ring substituents is 1. The molecule has 0 aliphatic carbocycles. The molecule has 0 atom stereocenters. The molecule has 106 valence electrons. The van der Waals surface area contributed by atoms with Crippen LogP contribution in [0, 0.1) is 10.1 Å². The number of para-hydroxylation sites is 1. The van der Waals surface area contributed by atoms with Crippen molar-refractivity contribution >= 4 is 23.2 Å². The number of benzene rings is 2. The Kier molecular flexibility index (Phi) is 3.94. The van der Waals surface area contributed by atoms with Gasteiger partial charge in [0.25, 0.3) is 17.5 Å². The van der Waals surface area contributed by atoms with E-state index in [0.717, 1.165) is 0 Å². The average Bonchev–Trinajstić information content (AvgIpc) is 2.47. The lowest BCUT2D eigenvalue weighted by Gasteiger charge is -2.08. The van der Waals surface area contributed by atoms with Gasteiger partial charge in [-0.15, -0.1) is 0 Å². The molecule has 3 N–H and O–H groups in total. The van der Waals surface area contributed by atoms with E-state index in [2.05, 4.69) is 5.32 Å². The zero-order valence-electron chi connectivity index (χ0n) is 10.8. The predicted octanol–water partition coefficient (Wildman–Crippen LogP) is 1.95. The van der Waals surface area contributed by atoms with Crippen LogP contribution < -0.4 is 11.1 Å². The molecule has 0 fully saturated rings. The standard InChI is InChI=1S/C14H11N3O4/c15-13(18)11-3-1-2-4-12(11)16-14(19)9-5-7-10(8-6-9)17(20)21/h1-8H,(H2,15,18)(H,16,19). The molecule has 0 saturated carbocycles. The third kappa shape index (κ3) is 3.21. The SMILES string of the molecule is NC(=O)c1ccccc1NC(=O)c1ccc([N+](=O)[O-])cc1. The summed E-state index contributed by atoms with van der Waals surface area (Å²) in [4.78, 5) is 33.3. The third-order valence-corrected chi connectivity index (χ3v) is 2.78. The maximum Gasteiger partial charge on any atom is 0.269 e. The molecule has 0 aromatic heterocycles. The van der Waals surface area contributed by atoms with E-state index in [4.69, 9.17) is 5.73 Å². The Morgan fingerprint density at radius 3 is 2.24 bits per heavy atom. The normalized spacial score (nSPS) is 9.90. The molecular formula is C14H11N3O4. The van der Waals surface area contributed by atoms with Crippen LogP contribution in [-0.4, -0.2) is 16.7 Å². The minimum absolute atomic E-state index is 0.107. The highest BCUT2D eigenvalue weighted by atomic mass is 16.6. The number of hydrogen-bond acceptors (Lipinski definition) is 4. The molecule has 2 aromatic carbocycles. The van der Waals surface area contributed by atoms with Crippen molar-refractivity contribution < 1.29 is 14.5 Å². The van der Waals surface area contributed by atoms with E-state index >= 15 is 0 Å². The Hall–Kier alpha value is -3.22. The van der Waals surface area contributed by atoms with E-state index in [1.807, 2.05) is 0 Å². The number of nitro groups is 1. The average molecular weight is 285 g/mol. The molecule has 21 heavy (non-hydrogen) atoms. The maximum absolute atomic E-state index is 12.0. The maximum atomic E-state index is 12.0. The highest BCUT2D eigenvalue weighted by Gasteiger charge is 2.13. The van der Waals surface area contributed by atoms with Crippen molar-refractivity contribution in [2.75, 3.05) is 5.32 Å². The predicted molar refractivity (Wildman–Crippen MR) is 76.0 cm³/mol.